The van der Waals surface area contributed by atoms with Crippen LogP contribution >= 0.6 is 0 Å². The molecule has 0 bridgehead atoms. The van der Waals surface area contributed by atoms with Crippen molar-refractivity contribution in [2.24, 2.45) is 0 Å². The summed E-state index contributed by atoms with van der Waals surface area (Å²) in [5.74, 6) is 0. The summed E-state index contributed by atoms with van der Waals surface area (Å²) in [6, 6.07) is 0. The molecule has 0 aromatic carbocycles. The Labute approximate surface area is 69.9 Å². The maximum absolute atomic E-state index is 0. The number of hydrogen-bond donors (Lipinski definition) is 0. The fourth-order valence-electron chi connectivity index (χ4n) is 0. The Kier molecular flexibility index (Phi) is 996. The summed E-state index contributed by atoms with van der Waals surface area (Å²) in [4.78, 5) is 0. The second-order valence-corrected chi connectivity index (χ2v) is 0. The van der Waals surface area contributed by atoms with Crippen molar-refractivity contribution < 1.29 is 21.9 Å². The molecule has 5 heavy (non-hydrogen) atoms. The van der Waals surface area contributed by atoms with E-state index in [1.54, 1.807) is 0 Å². The quantitative estimate of drug-likeness (QED) is 0.411. The Morgan fingerprint density at radius 1 is 0.600 bits per heavy atom. The molecule has 0 fully saturated rings. The van der Waals surface area contributed by atoms with Gasteiger partial charge >= 0.3 is 48.9 Å². The first-order chi connectivity index (χ1) is 0. The predicted molar refractivity (Wildman–Crippen MR) is 16.9 cm³/mol. The average Bonchev–Trinajstić information content (AvgIpc) is 0. The Balaban J connectivity index is 0. The summed E-state index contributed by atoms with van der Waals surface area (Å²) in [5, 5.41) is 0. The van der Waals surface area contributed by atoms with Gasteiger partial charge in [-0.2, -0.15) is 0 Å². The molecule has 0 aliphatic heterocycles. The van der Waals surface area contributed by atoms with E-state index in [2.05, 4.69) is 0 Å². The summed E-state index contributed by atoms with van der Waals surface area (Å²) in [6.45, 7) is 0. The van der Waals surface area contributed by atoms with E-state index >= 15 is 0 Å². The van der Waals surface area contributed by atoms with Gasteiger partial charge in [0.15, 0.2) is 0 Å². The van der Waals surface area contributed by atoms with Gasteiger partial charge in [0, 0.05) is 0 Å². The molecule has 0 saturated heterocycles. The van der Waals surface area contributed by atoms with Crippen LogP contribution in [0.15, 0.2) is 0 Å². The van der Waals surface area contributed by atoms with Crippen molar-refractivity contribution in [3.05, 3.63) is 0 Å². The summed E-state index contributed by atoms with van der Waals surface area (Å²) >= 11 is 0. The van der Waals surface area contributed by atoms with Crippen LogP contribution < -0.4 is 0 Å². The maximum atomic E-state index is 0. The van der Waals surface area contributed by atoms with E-state index in [1.165, 1.54) is 0 Å². The van der Waals surface area contributed by atoms with Crippen LogP contribution in [-0.2, 0) is 0 Å². The van der Waals surface area contributed by atoms with Crippen molar-refractivity contribution >= 4 is 48.9 Å². The van der Waals surface area contributed by atoms with Crippen LogP contribution in [0.2, 0.25) is 0 Å². The molecule has 32 valence electrons. The number of hydrogen-bond acceptors (Lipinski definition) is 2. The monoisotopic (exact) mass is 208 g/mol. The fourth-order valence-corrected chi connectivity index (χ4v) is 0. The minimum atomic E-state index is 0. The Morgan fingerprint density at radius 2 is 0.600 bits per heavy atom. The van der Waals surface area contributed by atoms with Crippen LogP contribution in [0, 0.1) is 0 Å². The van der Waals surface area contributed by atoms with Gasteiger partial charge in [0.2, 0.25) is 0 Å². The van der Waals surface area contributed by atoms with Crippen LogP contribution in [0.5, 0.6) is 0 Å². The van der Waals surface area contributed by atoms with Crippen LogP contribution in [0.25, 0.3) is 0 Å². The summed E-state index contributed by atoms with van der Waals surface area (Å²) < 4.78 is 0. The second kappa shape index (κ2) is 52.9. The molecule has 0 saturated carbocycles. The average molecular weight is 207 g/mol. The predicted octanol–water partition coefficient (Wildman–Crippen LogP) is -2.38. The zero-order chi connectivity index (χ0) is 0. The Hall–Kier alpha value is 1.41. The first-order valence-corrected chi connectivity index (χ1v) is 0. The smallest absolute Gasteiger partial charge is 0.870 e. The molecule has 0 aliphatic rings. The topological polar surface area (TPSA) is 123 Å². The largest absolute Gasteiger partial charge is 2.00 e. The Bertz CT molecular complexity index is 3.61. The van der Waals surface area contributed by atoms with Gasteiger partial charge in [-0.15, -0.1) is 0 Å². The van der Waals surface area contributed by atoms with Crippen LogP contribution in [-0.4, -0.2) is 70.8 Å². The van der Waals surface area contributed by atoms with Gasteiger partial charge in [-0.1, -0.05) is 0 Å². The van der Waals surface area contributed by atoms with E-state index in [-0.39, 0.29) is 70.8 Å². The first-order valence-electron chi connectivity index (χ1n) is 0. The van der Waals surface area contributed by atoms with E-state index in [1.807, 2.05) is 0 Å². The molecule has 0 amide bonds. The summed E-state index contributed by atoms with van der Waals surface area (Å²) in [7, 11) is 0. The molecule has 0 rings (SSSR count). The van der Waals surface area contributed by atoms with E-state index in [0.717, 1.165) is 0 Å². The molecule has 5 heteroatoms. The molecule has 4 nitrogen and oxygen atoms in total. The molecule has 0 spiro atoms. The van der Waals surface area contributed by atoms with Crippen molar-refractivity contribution in [2.75, 3.05) is 0 Å². The molecule has 0 atom stereocenters. The zero-order valence-corrected chi connectivity index (χ0v) is 7.04. The second-order valence-electron chi connectivity index (χ2n) is 0. The minimum Gasteiger partial charge on any atom is -0.870 e. The Morgan fingerprint density at radius 3 is 0.600 bits per heavy atom. The van der Waals surface area contributed by atoms with Gasteiger partial charge < -0.3 is 21.9 Å². The van der Waals surface area contributed by atoms with Crippen LogP contribution in [0.1, 0.15) is 0 Å². The SMILES string of the molecule is O.O.[Ba+2].[OH-].[OH-]. The summed E-state index contributed by atoms with van der Waals surface area (Å²) in [6.07, 6.45) is 0. The summed E-state index contributed by atoms with van der Waals surface area (Å²) in [5.41, 5.74) is 0. The normalized spacial score (nSPS) is 0. The van der Waals surface area contributed by atoms with Gasteiger partial charge in [-0.25, -0.2) is 0 Å². The van der Waals surface area contributed by atoms with Crippen molar-refractivity contribution in [1.82, 2.24) is 0 Å². The van der Waals surface area contributed by atoms with Crippen molar-refractivity contribution in [3.8, 4) is 0 Å². The van der Waals surface area contributed by atoms with E-state index in [4.69, 9.17) is 0 Å². The van der Waals surface area contributed by atoms with Crippen molar-refractivity contribution in [3.63, 3.8) is 0 Å². The van der Waals surface area contributed by atoms with Crippen molar-refractivity contribution in [2.45, 2.75) is 0 Å². The standard InChI is InChI=1S/Ba.4H2O/h;4*1H2/q+2;;;;/p-2. The van der Waals surface area contributed by atoms with Crippen LogP contribution in [0.4, 0.5) is 0 Å². The minimum absolute atomic E-state index is 0. The molecular weight excluding hydrogens is 201 g/mol. The van der Waals surface area contributed by atoms with E-state index < -0.39 is 0 Å². The van der Waals surface area contributed by atoms with Crippen LogP contribution in [0.3, 0.4) is 0 Å². The molecule has 0 aromatic heterocycles. The van der Waals surface area contributed by atoms with Crippen molar-refractivity contribution in [1.29, 1.82) is 0 Å². The molecular formula is H6BaO4. The third-order valence-corrected chi connectivity index (χ3v) is 0. The molecule has 0 unspecified atom stereocenters. The van der Waals surface area contributed by atoms with Gasteiger partial charge in [-0.05, 0) is 0 Å². The zero-order valence-electron chi connectivity index (χ0n) is 2.60. The van der Waals surface area contributed by atoms with E-state index in [9.17, 15) is 0 Å². The van der Waals surface area contributed by atoms with Gasteiger partial charge in [0.1, 0.15) is 0 Å². The molecule has 6 N–H and O–H groups in total. The first kappa shape index (κ1) is 94.2. The van der Waals surface area contributed by atoms with Gasteiger partial charge in [0.25, 0.3) is 0 Å². The third-order valence-electron chi connectivity index (χ3n) is 0. The van der Waals surface area contributed by atoms with Gasteiger partial charge in [-0.3, -0.25) is 0 Å². The number of rotatable bonds is 0. The molecule has 0 aromatic rings. The van der Waals surface area contributed by atoms with E-state index in [0.29, 0.717) is 0 Å². The fraction of sp³-hybridized carbons (Fsp3) is 0. The molecule has 0 radical (unpaired) electrons. The third kappa shape index (κ3) is 31.6. The maximum Gasteiger partial charge on any atom is 2.00 e. The molecule has 0 heterocycles. The van der Waals surface area contributed by atoms with Gasteiger partial charge in [0.05, 0.1) is 0 Å². The molecule has 0 aliphatic carbocycles.